The minimum atomic E-state index is -1.15. The van der Waals surface area contributed by atoms with Gasteiger partial charge in [0.2, 0.25) is 0 Å². The van der Waals surface area contributed by atoms with Crippen molar-refractivity contribution in [1.82, 2.24) is 0 Å². The molecule has 0 aromatic carbocycles. The van der Waals surface area contributed by atoms with E-state index in [-0.39, 0.29) is 0 Å². The van der Waals surface area contributed by atoms with Crippen LogP contribution in [0.4, 0.5) is 0 Å². The molecule has 0 heterocycles. The van der Waals surface area contributed by atoms with E-state index in [1.807, 2.05) is 0 Å². The van der Waals surface area contributed by atoms with E-state index in [1.54, 1.807) is 0 Å². The second kappa shape index (κ2) is 6.40. The molecule has 0 nitrogen and oxygen atoms in total. The second-order valence-corrected chi connectivity index (χ2v) is 13.0. The standard InChI is InChI=1S/C16H36Si/c1-9-11-13-17(8,14-12-10-2)16(6,7)15(3,4)5/h9-14H2,1-8H3. The minimum Gasteiger partial charge on any atom is -0.0687 e. The zero-order chi connectivity index (χ0) is 13.7. The largest absolute Gasteiger partial charge is 0.0687 e. The summed E-state index contributed by atoms with van der Waals surface area (Å²) in [4.78, 5) is 0. The van der Waals surface area contributed by atoms with Crippen molar-refractivity contribution >= 4 is 8.07 Å². The van der Waals surface area contributed by atoms with Gasteiger partial charge in [-0.1, -0.05) is 92.8 Å². The molecule has 0 spiro atoms. The van der Waals surface area contributed by atoms with Crippen molar-refractivity contribution in [2.45, 2.75) is 97.8 Å². The molecule has 0 aliphatic heterocycles. The predicted molar refractivity (Wildman–Crippen MR) is 84.5 cm³/mol. The predicted octanol–water partition coefficient (Wildman–Crippen LogP) is 6.49. The van der Waals surface area contributed by atoms with Crippen molar-refractivity contribution < 1.29 is 0 Å². The van der Waals surface area contributed by atoms with Crippen LogP contribution in [0.2, 0.25) is 23.7 Å². The number of rotatable bonds is 7. The van der Waals surface area contributed by atoms with Crippen LogP contribution in [0.5, 0.6) is 0 Å². The maximum Gasteiger partial charge on any atom is 0.0566 e. The summed E-state index contributed by atoms with van der Waals surface area (Å²) in [5.41, 5.74) is 0.440. The fourth-order valence-electron chi connectivity index (χ4n) is 2.79. The molecule has 0 bridgehead atoms. The lowest BCUT2D eigenvalue weighted by Gasteiger charge is -2.52. The molecule has 1 heteroatoms. The van der Waals surface area contributed by atoms with Gasteiger partial charge in [-0.25, -0.2) is 0 Å². The minimum absolute atomic E-state index is 0.440. The summed E-state index contributed by atoms with van der Waals surface area (Å²) in [5.74, 6) is 0. The molecule has 0 saturated carbocycles. The van der Waals surface area contributed by atoms with Crippen molar-refractivity contribution in [3.63, 3.8) is 0 Å². The van der Waals surface area contributed by atoms with Crippen molar-refractivity contribution in [2.24, 2.45) is 5.41 Å². The molecule has 0 fully saturated rings. The van der Waals surface area contributed by atoms with Crippen molar-refractivity contribution in [2.75, 3.05) is 0 Å². The molecule has 0 N–H and O–H groups in total. The topological polar surface area (TPSA) is 0 Å². The monoisotopic (exact) mass is 256 g/mol. The fraction of sp³-hybridized carbons (Fsp3) is 1.00. The zero-order valence-corrected chi connectivity index (χ0v) is 14.7. The lowest BCUT2D eigenvalue weighted by atomic mass is 9.82. The van der Waals surface area contributed by atoms with E-state index in [0.717, 1.165) is 0 Å². The number of unbranched alkanes of at least 4 members (excludes halogenated alkanes) is 2. The number of hydrogen-bond donors (Lipinski definition) is 0. The Morgan fingerprint density at radius 3 is 1.35 bits per heavy atom. The molecule has 17 heavy (non-hydrogen) atoms. The first-order valence-corrected chi connectivity index (χ1v) is 10.5. The molecule has 0 rings (SSSR count). The van der Waals surface area contributed by atoms with Gasteiger partial charge in [0.05, 0.1) is 8.07 Å². The molecule has 0 saturated heterocycles. The Labute approximate surface area is 112 Å². The van der Waals surface area contributed by atoms with Gasteiger partial charge in [-0.3, -0.25) is 0 Å². The van der Waals surface area contributed by atoms with Gasteiger partial charge in [-0.2, -0.15) is 0 Å². The molecule has 0 aliphatic rings. The van der Waals surface area contributed by atoms with Crippen LogP contribution in [0.25, 0.3) is 0 Å². The summed E-state index contributed by atoms with van der Waals surface area (Å²) in [6.45, 7) is 19.7. The molecule has 0 atom stereocenters. The van der Waals surface area contributed by atoms with Gasteiger partial charge in [-0.05, 0) is 10.5 Å². The maximum atomic E-state index is 2.67. The molecule has 0 aromatic heterocycles. The fourth-order valence-corrected chi connectivity index (χ4v) is 8.37. The zero-order valence-electron chi connectivity index (χ0n) is 13.7. The van der Waals surface area contributed by atoms with Crippen LogP contribution in [0.1, 0.15) is 74.1 Å². The smallest absolute Gasteiger partial charge is 0.0566 e. The van der Waals surface area contributed by atoms with Crippen LogP contribution in [0.15, 0.2) is 0 Å². The van der Waals surface area contributed by atoms with Gasteiger partial charge in [0, 0.05) is 0 Å². The maximum absolute atomic E-state index is 2.67. The summed E-state index contributed by atoms with van der Waals surface area (Å²) >= 11 is 0. The highest BCUT2D eigenvalue weighted by Crippen LogP contribution is 2.55. The Balaban J connectivity index is 5.00. The molecular formula is C16H36Si. The first-order valence-electron chi connectivity index (χ1n) is 7.62. The normalized spacial score (nSPS) is 14.1. The van der Waals surface area contributed by atoms with Gasteiger partial charge in [0.15, 0.2) is 0 Å². The van der Waals surface area contributed by atoms with E-state index in [4.69, 9.17) is 0 Å². The molecule has 0 aromatic rings. The molecule has 0 unspecified atom stereocenters. The third-order valence-electron chi connectivity index (χ3n) is 5.55. The Bertz CT molecular complexity index is 202. The van der Waals surface area contributed by atoms with E-state index < -0.39 is 8.07 Å². The van der Waals surface area contributed by atoms with Crippen LogP contribution in [0, 0.1) is 5.41 Å². The molecule has 0 radical (unpaired) electrons. The van der Waals surface area contributed by atoms with Crippen molar-refractivity contribution in [3.8, 4) is 0 Å². The van der Waals surface area contributed by atoms with E-state index in [0.29, 0.717) is 10.5 Å². The quantitative estimate of drug-likeness (QED) is 0.457. The SMILES string of the molecule is CCCC[Si](C)(CCCC)C(C)(C)C(C)(C)C. The van der Waals surface area contributed by atoms with Crippen LogP contribution >= 0.6 is 0 Å². The molecule has 104 valence electrons. The summed E-state index contributed by atoms with van der Waals surface area (Å²) in [6, 6.07) is 3.04. The Kier molecular flexibility index (Phi) is 6.48. The lowest BCUT2D eigenvalue weighted by molar-refractivity contribution is 0.285. The average molecular weight is 257 g/mol. The third kappa shape index (κ3) is 4.12. The summed E-state index contributed by atoms with van der Waals surface area (Å²) in [7, 11) is -1.15. The van der Waals surface area contributed by atoms with Gasteiger partial charge in [0.25, 0.3) is 0 Å². The average Bonchev–Trinajstić information content (AvgIpc) is 2.21. The van der Waals surface area contributed by atoms with E-state index >= 15 is 0 Å². The summed E-state index contributed by atoms with van der Waals surface area (Å²) in [5, 5.41) is 0.532. The first kappa shape index (κ1) is 17.2. The number of hydrogen-bond acceptors (Lipinski definition) is 0. The Morgan fingerprint density at radius 2 is 1.12 bits per heavy atom. The summed E-state index contributed by atoms with van der Waals surface area (Å²) in [6.07, 6.45) is 5.59. The van der Waals surface area contributed by atoms with Crippen LogP contribution in [-0.2, 0) is 0 Å². The van der Waals surface area contributed by atoms with Crippen LogP contribution < -0.4 is 0 Å². The van der Waals surface area contributed by atoms with Gasteiger partial charge in [0.1, 0.15) is 0 Å². The van der Waals surface area contributed by atoms with Gasteiger partial charge >= 0.3 is 0 Å². The van der Waals surface area contributed by atoms with E-state index in [9.17, 15) is 0 Å². The highest BCUT2D eigenvalue weighted by molar-refractivity contribution is 6.81. The molecular weight excluding hydrogens is 220 g/mol. The van der Waals surface area contributed by atoms with Crippen LogP contribution in [-0.4, -0.2) is 8.07 Å². The van der Waals surface area contributed by atoms with Crippen molar-refractivity contribution in [1.29, 1.82) is 0 Å². The molecule has 0 amide bonds. The van der Waals surface area contributed by atoms with E-state index in [1.165, 1.54) is 37.8 Å². The summed E-state index contributed by atoms with van der Waals surface area (Å²) < 4.78 is 0. The van der Waals surface area contributed by atoms with Crippen LogP contribution in [0.3, 0.4) is 0 Å². The van der Waals surface area contributed by atoms with Crippen molar-refractivity contribution in [3.05, 3.63) is 0 Å². The van der Waals surface area contributed by atoms with E-state index in [2.05, 4.69) is 55.0 Å². The highest BCUT2D eigenvalue weighted by atomic mass is 28.3. The Morgan fingerprint density at radius 1 is 0.765 bits per heavy atom. The van der Waals surface area contributed by atoms with Gasteiger partial charge in [-0.15, -0.1) is 0 Å². The third-order valence-corrected chi connectivity index (χ3v) is 12.2. The Hall–Kier alpha value is 0.217. The van der Waals surface area contributed by atoms with Gasteiger partial charge < -0.3 is 0 Å². The highest BCUT2D eigenvalue weighted by Gasteiger charge is 2.48. The molecule has 0 aliphatic carbocycles. The first-order chi connectivity index (χ1) is 7.62. The second-order valence-electron chi connectivity index (χ2n) is 7.64. The lowest BCUT2D eigenvalue weighted by Crippen LogP contribution is -2.48.